The molecule has 0 aliphatic carbocycles. The Balaban J connectivity index is 0.00000196. The lowest BCUT2D eigenvalue weighted by molar-refractivity contribution is -0.126. The van der Waals surface area contributed by atoms with Gasteiger partial charge in [0.1, 0.15) is 0 Å². The van der Waals surface area contributed by atoms with Gasteiger partial charge in [-0.1, -0.05) is 0 Å². The molecule has 0 aromatic carbocycles. The van der Waals surface area contributed by atoms with Gasteiger partial charge >= 0.3 is 0 Å². The summed E-state index contributed by atoms with van der Waals surface area (Å²) in [5.41, 5.74) is 4.74. The van der Waals surface area contributed by atoms with Crippen molar-refractivity contribution in [2.75, 3.05) is 13.1 Å². The molecule has 1 aliphatic rings. The van der Waals surface area contributed by atoms with E-state index in [1.807, 2.05) is 0 Å². The molecule has 1 amide bonds. The highest BCUT2D eigenvalue weighted by atomic mass is 35.5. The van der Waals surface area contributed by atoms with Crippen LogP contribution in [0.2, 0.25) is 0 Å². The van der Waals surface area contributed by atoms with Crippen LogP contribution < -0.4 is 16.4 Å². The van der Waals surface area contributed by atoms with Gasteiger partial charge in [0.2, 0.25) is 5.91 Å². The van der Waals surface area contributed by atoms with Crippen molar-refractivity contribution in [2.45, 2.75) is 25.4 Å². The smallest absolute Gasteiger partial charge is 0.239 e. The van der Waals surface area contributed by atoms with E-state index in [1.54, 1.807) is 13.8 Å². The molecule has 0 spiro atoms. The van der Waals surface area contributed by atoms with E-state index in [1.165, 1.54) is 0 Å². The first-order valence-electron chi connectivity index (χ1n) is 4.65. The van der Waals surface area contributed by atoms with Gasteiger partial charge in [-0.3, -0.25) is 4.79 Å². The predicted octanol–water partition coefficient (Wildman–Crippen LogP) is -0.627. The minimum atomic E-state index is -0.886. The number of nitrogens with one attached hydrogen (secondary N) is 2. The molecule has 0 aromatic heterocycles. The minimum absolute atomic E-state index is 0. The van der Waals surface area contributed by atoms with Gasteiger partial charge in [-0.25, -0.2) is 0 Å². The molecule has 4 N–H and O–H groups in total. The van der Waals surface area contributed by atoms with Crippen molar-refractivity contribution in [3.63, 3.8) is 0 Å². The fraction of sp³-hybridized carbons (Fsp3) is 0.778. The van der Waals surface area contributed by atoms with E-state index in [4.69, 9.17) is 11.0 Å². The van der Waals surface area contributed by atoms with Crippen LogP contribution in [0.3, 0.4) is 0 Å². The van der Waals surface area contributed by atoms with E-state index in [0.29, 0.717) is 13.1 Å². The zero-order valence-corrected chi connectivity index (χ0v) is 9.73. The lowest BCUT2D eigenvalue weighted by atomic mass is 10.0. The van der Waals surface area contributed by atoms with Crippen molar-refractivity contribution in [3.8, 4) is 6.07 Å². The third kappa shape index (κ3) is 3.67. The number of hydrogen-bond donors (Lipinski definition) is 3. The maximum atomic E-state index is 11.5. The third-order valence-corrected chi connectivity index (χ3v) is 2.28. The molecular formula is C9H17ClN4O. The summed E-state index contributed by atoms with van der Waals surface area (Å²) < 4.78 is 0. The van der Waals surface area contributed by atoms with Crippen molar-refractivity contribution < 1.29 is 4.79 Å². The highest BCUT2D eigenvalue weighted by molar-refractivity contribution is 5.85. The Morgan fingerprint density at radius 2 is 2.20 bits per heavy atom. The Hall–Kier alpha value is -0.830. The highest BCUT2D eigenvalue weighted by Crippen LogP contribution is 2.08. The Kier molecular flexibility index (Phi) is 5.01. The van der Waals surface area contributed by atoms with E-state index >= 15 is 0 Å². The van der Waals surface area contributed by atoms with Crippen LogP contribution in [0.15, 0.2) is 0 Å². The van der Waals surface area contributed by atoms with Gasteiger partial charge in [0.05, 0.1) is 23.6 Å². The summed E-state index contributed by atoms with van der Waals surface area (Å²) in [6, 6.07) is 2.04. The number of nitrogens with zero attached hydrogens (tertiary/aromatic N) is 1. The van der Waals surface area contributed by atoms with Gasteiger partial charge in [-0.05, 0) is 13.8 Å². The van der Waals surface area contributed by atoms with E-state index in [-0.39, 0.29) is 30.3 Å². The van der Waals surface area contributed by atoms with Crippen LogP contribution >= 0.6 is 12.4 Å². The number of rotatable bonds is 2. The predicted molar refractivity (Wildman–Crippen MR) is 59.4 cm³/mol. The van der Waals surface area contributed by atoms with Crippen molar-refractivity contribution >= 4 is 18.3 Å². The average Bonchev–Trinajstić information content (AvgIpc) is 2.50. The highest BCUT2D eigenvalue weighted by Gasteiger charge is 2.31. The van der Waals surface area contributed by atoms with Crippen LogP contribution in [-0.4, -0.2) is 30.6 Å². The van der Waals surface area contributed by atoms with E-state index in [0.717, 1.165) is 0 Å². The summed E-state index contributed by atoms with van der Waals surface area (Å²) in [5, 5.41) is 14.6. The van der Waals surface area contributed by atoms with E-state index in [2.05, 4.69) is 16.7 Å². The topological polar surface area (TPSA) is 90.9 Å². The Bertz CT molecular complexity index is 268. The van der Waals surface area contributed by atoms with Crippen LogP contribution in [0.5, 0.6) is 0 Å². The Morgan fingerprint density at radius 3 is 2.67 bits per heavy atom. The minimum Gasteiger partial charge on any atom is -0.349 e. The normalized spacial score (nSPS) is 25.2. The van der Waals surface area contributed by atoms with E-state index in [9.17, 15) is 4.79 Å². The Morgan fingerprint density at radius 1 is 1.60 bits per heavy atom. The molecule has 2 unspecified atom stereocenters. The number of amides is 1. The lowest BCUT2D eigenvalue weighted by Crippen LogP contribution is -2.53. The van der Waals surface area contributed by atoms with Crippen molar-refractivity contribution in [1.29, 1.82) is 5.26 Å². The van der Waals surface area contributed by atoms with Gasteiger partial charge in [-0.2, -0.15) is 5.26 Å². The molecule has 1 heterocycles. The van der Waals surface area contributed by atoms with Gasteiger partial charge in [0.25, 0.3) is 0 Å². The summed E-state index contributed by atoms with van der Waals surface area (Å²) in [6.45, 7) is 4.56. The molecule has 0 bridgehead atoms. The maximum absolute atomic E-state index is 11.5. The molecule has 15 heavy (non-hydrogen) atoms. The molecule has 86 valence electrons. The number of carbonyl (C=O) groups excluding carboxylic acids is 1. The van der Waals surface area contributed by atoms with Crippen LogP contribution in [0.4, 0.5) is 0 Å². The molecule has 0 radical (unpaired) electrons. The molecule has 0 saturated carbocycles. The maximum Gasteiger partial charge on any atom is 0.239 e. The molecule has 1 rings (SSSR count). The molecule has 1 fully saturated rings. The largest absolute Gasteiger partial charge is 0.349 e. The van der Waals surface area contributed by atoms with Crippen LogP contribution in [-0.2, 0) is 4.79 Å². The summed E-state index contributed by atoms with van der Waals surface area (Å²) in [5.74, 6) is -0.368. The summed E-state index contributed by atoms with van der Waals surface area (Å²) in [7, 11) is 0. The second-order valence-corrected chi connectivity index (χ2v) is 4.20. The molecule has 0 aromatic rings. The lowest BCUT2D eigenvalue weighted by Gasteiger charge is -2.22. The fourth-order valence-electron chi connectivity index (χ4n) is 1.32. The second kappa shape index (κ2) is 5.31. The first-order valence-corrected chi connectivity index (χ1v) is 4.65. The summed E-state index contributed by atoms with van der Waals surface area (Å²) >= 11 is 0. The van der Waals surface area contributed by atoms with Gasteiger partial charge in [0, 0.05) is 13.1 Å². The number of hydrogen-bond acceptors (Lipinski definition) is 4. The van der Waals surface area contributed by atoms with Crippen LogP contribution in [0.1, 0.15) is 13.8 Å². The number of carbonyl (C=O) groups is 1. The molecule has 5 nitrogen and oxygen atoms in total. The van der Waals surface area contributed by atoms with Gasteiger partial charge in [0.15, 0.2) is 0 Å². The first kappa shape index (κ1) is 14.2. The first-order chi connectivity index (χ1) is 6.45. The summed E-state index contributed by atoms with van der Waals surface area (Å²) in [4.78, 5) is 11.5. The van der Waals surface area contributed by atoms with Gasteiger partial charge < -0.3 is 16.4 Å². The standard InChI is InChI=1S/C9H16N4O.ClH/c1-9(2,11)8(14)13-7-5-12-4-6(7)3-10;/h6-7,12H,4-5,11H2,1-2H3,(H,13,14);1H. The number of nitriles is 1. The fourth-order valence-corrected chi connectivity index (χ4v) is 1.32. The molecule has 6 heteroatoms. The second-order valence-electron chi connectivity index (χ2n) is 4.20. The average molecular weight is 233 g/mol. The van der Waals surface area contributed by atoms with Gasteiger partial charge in [-0.15, -0.1) is 12.4 Å². The van der Waals surface area contributed by atoms with Crippen molar-refractivity contribution in [1.82, 2.24) is 10.6 Å². The Labute approximate surface area is 95.8 Å². The summed E-state index contributed by atoms with van der Waals surface area (Å²) in [6.07, 6.45) is 0. The van der Waals surface area contributed by atoms with E-state index < -0.39 is 5.54 Å². The SMILES string of the molecule is CC(C)(N)C(=O)NC1CNCC1C#N.Cl. The quantitative estimate of drug-likeness (QED) is 0.592. The number of halogens is 1. The molecular weight excluding hydrogens is 216 g/mol. The zero-order valence-electron chi connectivity index (χ0n) is 8.91. The molecule has 1 aliphatic heterocycles. The molecule has 1 saturated heterocycles. The monoisotopic (exact) mass is 232 g/mol. The molecule has 2 atom stereocenters. The van der Waals surface area contributed by atoms with Crippen molar-refractivity contribution in [3.05, 3.63) is 0 Å². The number of nitrogens with two attached hydrogens (primary N) is 1. The van der Waals surface area contributed by atoms with Crippen LogP contribution in [0, 0.1) is 17.2 Å². The third-order valence-electron chi connectivity index (χ3n) is 2.28. The van der Waals surface area contributed by atoms with Crippen molar-refractivity contribution in [2.24, 2.45) is 11.7 Å². The van der Waals surface area contributed by atoms with Crippen LogP contribution in [0.25, 0.3) is 0 Å². The zero-order chi connectivity index (χ0) is 10.8.